The first-order valence-electron chi connectivity index (χ1n) is 8.44. The van der Waals surface area contributed by atoms with Crippen LogP contribution in [0, 0.1) is 0 Å². The maximum Gasteiger partial charge on any atom is 0.251 e. The van der Waals surface area contributed by atoms with E-state index >= 15 is 0 Å². The molecule has 0 aliphatic heterocycles. The van der Waals surface area contributed by atoms with Crippen LogP contribution in [-0.4, -0.2) is 31.5 Å². The van der Waals surface area contributed by atoms with Gasteiger partial charge >= 0.3 is 0 Å². The van der Waals surface area contributed by atoms with Crippen LogP contribution >= 0.6 is 0 Å². The molecule has 128 valence electrons. The number of rotatable bonds is 4. The van der Waals surface area contributed by atoms with Crippen molar-refractivity contribution in [3.8, 4) is 11.4 Å². The van der Waals surface area contributed by atoms with Crippen LogP contribution in [0.1, 0.15) is 43.1 Å². The predicted octanol–water partition coefficient (Wildman–Crippen LogP) is 2.55. The number of hydrogen-bond acceptors (Lipinski definition) is 5. The van der Waals surface area contributed by atoms with E-state index in [1.54, 1.807) is 0 Å². The minimum Gasteiger partial charge on any atom is -0.382 e. The summed E-state index contributed by atoms with van der Waals surface area (Å²) < 4.78 is 2.03. The second-order valence-corrected chi connectivity index (χ2v) is 6.66. The van der Waals surface area contributed by atoms with Crippen molar-refractivity contribution in [1.29, 1.82) is 0 Å². The Morgan fingerprint density at radius 3 is 2.60 bits per heavy atom. The molecule has 1 fully saturated rings. The van der Waals surface area contributed by atoms with Crippen molar-refractivity contribution < 1.29 is 4.79 Å². The molecular formula is C18H20N6O. The van der Waals surface area contributed by atoms with Gasteiger partial charge < -0.3 is 15.6 Å². The van der Waals surface area contributed by atoms with Crippen LogP contribution < -0.4 is 11.1 Å². The number of imidazole rings is 1. The number of nitrogen functional groups attached to an aromatic ring is 1. The zero-order valence-electron chi connectivity index (χ0n) is 14.2. The van der Waals surface area contributed by atoms with Gasteiger partial charge in [-0.15, -0.1) is 0 Å². The summed E-state index contributed by atoms with van der Waals surface area (Å²) in [6, 6.07) is 7.97. The van der Waals surface area contributed by atoms with E-state index in [1.807, 2.05) is 28.8 Å². The highest BCUT2D eigenvalue weighted by atomic mass is 16.1. The van der Waals surface area contributed by atoms with Crippen molar-refractivity contribution in [3.63, 3.8) is 0 Å². The first kappa shape index (κ1) is 15.6. The molecule has 0 saturated heterocycles. The summed E-state index contributed by atoms with van der Waals surface area (Å²) >= 11 is 0. The SMILES string of the molecule is CC(C)n1c(-c2ccc(C(=O)NC3CC3)cc2)nc2c(N)ncnc21. The van der Waals surface area contributed by atoms with E-state index in [4.69, 9.17) is 5.73 Å². The van der Waals surface area contributed by atoms with Gasteiger partial charge in [0.1, 0.15) is 12.2 Å². The largest absolute Gasteiger partial charge is 0.382 e. The van der Waals surface area contributed by atoms with Gasteiger partial charge in [-0.1, -0.05) is 12.1 Å². The number of nitrogens with one attached hydrogen (secondary N) is 1. The van der Waals surface area contributed by atoms with Gasteiger partial charge in [0.15, 0.2) is 17.0 Å². The Labute approximate surface area is 145 Å². The van der Waals surface area contributed by atoms with Crippen molar-refractivity contribution in [3.05, 3.63) is 36.2 Å². The molecule has 0 unspecified atom stereocenters. The lowest BCUT2D eigenvalue weighted by Gasteiger charge is -2.12. The highest BCUT2D eigenvalue weighted by molar-refractivity contribution is 5.95. The lowest BCUT2D eigenvalue weighted by Crippen LogP contribution is -2.25. The third kappa shape index (κ3) is 2.82. The first-order chi connectivity index (χ1) is 12.0. The van der Waals surface area contributed by atoms with Crippen LogP contribution in [0.5, 0.6) is 0 Å². The summed E-state index contributed by atoms with van der Waals surface area (Å²) in [5.41, 5.74) is 8.83. The Bertz CT molecular complexity index is 940. The number of fused-ring (bicyclic) bond motifs is 1. The predicted molar refractivity (Wildman–Crippen MR) is 96.0 cm³/mol. The molecule has 1 aliphatic rings. The second kappa shape index (κ2) is 5.84. The van der Waals surface area contributed by atoms with Crippen LogP contribution in [0.15, 0.2) is 30.6 Å². The van der Waals surface area contributed by atoms with E-state index in [2.05, 4.69) is 34.1 Å². The van der Waals surface area contributed by atoms with Crippen molar-refractivity contribution in [2.45, 2.75) is 38.8 Å². The number of nitrogens with zero attached hydrogens (tertiary/aromatic N) is 4. The molecule has 25 heavy (non-hydrogen) atoms. The van der Waals surface area contributed by atoms with E-state index in [-0.39, 0.29) is 11.9 Å². The minimum absolute atomic E-state index is 0.0264. The fourth-order valence-corrected chi connectivity index (χ4v) is 2.89. The van der Waals surface area contributed by atoms with Gasteiger partial charge in [-0.3, -0.25) is 4.79 Å². The van der Waals surface area contributed by atoms with E-state index in [9.17, 15) is 4.79 Å². The zero-order valence-corrected chi connectivity index (χ0v) is 14.2. The molecular weight excluding hydrogens is 316 g/mol. The van der Waals surface area contributed by atoms with Crippen LogP contribution in [-0.2, 0) is 0 Å². The highest BCUT2D eigenvalue weighted by Crippen LogP contribution is 2.29. The van der Waals surface area contributed by atoms with E-state index in [1.165, 1.54) is 6.33 Å². The number of amides is 1. The summed E-state index contributed by atoms with van der Waals surface area (Å²) in [4.78, 5) is 25.1. The molecule has 3 aromatic rings. The third-order valence-electron chi connectivity index (χ3n) is 4.34. The molecule has 0 spiro atoms. The average Bonchev–Trinajstić information content (AvgIpc) is 3.31. The number of aromatic nitrogens is 4. The summed E-state index contributed by atoms with van der Waals surface area (Å²) in [6.07, 6.45) is 3.60. The minimum atomic E-state index is -0.0264. The number of anilines is 1. The van der Waals surface area contributed by atoms with Crippen LogP contribution in [0.25, 0.3) is 22.6 Å². The number of hydrogen-bond donors (Lipinski definition) is 2. The Hall–Kier alpha value is -2.96. The fourth-order valence-electron chi connectivity index (χ4n) is 2.89. The molecule has 0 atom stereocenters. The number of carbonyl (C=O) groups excluding carboxylic acids is 1. The molecule has 1 saturated carbocycles. The molecule has 1 amide bonds. The first-order valence-corrected chi connectivity index (χ1v) is 8.44. The molecule has 1 aliphatic carbocycles. The normalized spacial score (nSPS) is 14.2. The standard InChI is InChI=1S/C18H20N6O/c1-10(2)24-16(23-14-15(19)20-9-21-17(14)24)11-3-5-12(6-4-11)18(25)22-13-7-8-13/h3-6,9-10,13H,7-8H2,1-2H3,(H,22,25)(H2,19,20,21). The van der Waals surface area contributed by atoms with Gasteiger partial charge in [-0.05, 0) is 38.8 Å². The van der Waals surface area contributed by atoms with E-state index < -0.39 is 0 Å². The highest BCUT2D eigenvalue weighted by Gasteiger charge is 2.24. The van der Waals surface area contributed by atoms with Crippen molar-refractivity contribution in [1.82, 2.24) is 24.8 Å². The van der Waals surface area contributed by atoms with Crippen LogP contribution in [0.2, 0.25) is 0 Å². The third-order valence-corrected chi connectivity index (χ3v) is 4.34. The smallest absolute Gasteiger partial charge is 0.251 e. The molecule has 0 radical (unpaired) electrons. The van der Waals surface area contributed by atoms with Crippen molar-refractivity contribution >= 4 is 22.9 Å². The summed E-state index contributed by atoms with van der Waals surface area (Å²) in [5.74, 6) is 1.11. The summed E-state index contributed by atoms with van der Waals surface area (Å²) in [7, 11) is 0. The fraction of sp³-hybridized carbons (Fsp3) is 0.333. The molecule has 3 N–H and O–H groups in total. The lowest BCUT2D eigenvalue weighted by atomic mass is 10.1. The number of benzene rings is 1. The van der Waals surface area contributed by atoms with Gasteiger partial charge in [-0.2, -0.15) is 0 Å². The van der Waals surface area contributed by atoms with Crippen molar-refractivity contribution in [2.75, 3.05) is 5.73 Å². The zero-order chi connectivity index (χ0) is 17.6. The van der Waals surface area contributed by atoms with Gasteiger partial charge in [0.2, 0.25) is 0 Å². The van der Waals surface area contributed by atoms with E-state index in [0.29, 0.717) is 28.6 Å². The van der Waals surface area contributed by atoms with Crippen molar-refractivity contribution in [2.24, 2.45) is 0 Å². The Morgan fingerprint density at radius 1 is 1.24 bits per heavy atom. The van der Waals surface area contributed by atoms with Gasteiger partial charge in [0.05, 0.1) is 0 Å². The molecule has 2 aromatic heterocycles. The Kier molecular flexibility index (Phi) is 3.63. The van der Waals surface area contributed by atoms with Gasteiger partial charge in [0, 0.05) is 23.2 Å². The van der Waals surface area contributed by atoms with Crippen LogP contribution in [0.4, 0.5) is 5.82 Å². The number of nitrogens with two attached hydrogens (primary N) is 1. The molecule has 1 aromatic carbocycles. The molecule has 7 nitrogen and oxygen atoms in total. The maximum absolute atomic E-state index is 12.1. The topological polar surface area (TPSA) is 98.7 Å². The van der Waals surface area contributed by atoms with E-state index in [0.717, 1.165) is 24.2 Å². The molecule has 4 rings (SSSR count). The Morgan fingerprint density at radius 2 is 1.96 bits per heavy atom. The average molecular weight is 336 g/mol. The van der Waals surface area contributed by atoms with Gasteiger partial charge in [-0.25, -0.2) is 15.0 Å². The second-order valence-electron chi connectivity index (χ2n) is 6.66. The summed E-state index contributed by atoms with van der Waals surface area (Å²) in [6.45, 7) is 4.14. The lowest BCUT2D eigenvalue weighted by molar-refractivity contribution is 0.0951. The summed E-state index contributed by atoms with van der Waals surface area (Å²) in [5, 5.41) is 2.99. The number of carbonyl (C=O) groups is 1. The monoisotopic (exact) mass is 336 g/mol. The quantitative estimate of drug-likeness (QED) is 0.763. The molecule has 7 heteroatoms. The molecule has 2 heterocycles. The molecule has 0 bridgehead atoms. The van der Waals surface area contributed by atoms with Gasteiger partial charge in [0.25, 0.3) is 5.91 Å². The van der Waals surface area contributed by atoms with Crippen LogP contribution in [0.3, 0.4) is 0 Å². The Balaban J connectivity index is 1.74. The maximum atomic E-state index is 12.1.